The van der Waals surface area contributed by atoms with Gasteiger partial charge in [-0.15, -0.1) is 5.10 Å². The largest absolute Gasteiger partial charge is 0.388 e. The number of rotatable bonds is 5. The van der Waals surface area contributed by atoms with Gasteiger partial charge in [0.2, 0.25) is 0 Å². The number of nitrogens with one attached hydrogen (secondary N) is 1. The molecule has 6 heteroatoms. The molecule has 0 saturated heterocycles. The standard InChI is InChI=1S/C15H25N3O2S/c1-4-5-11-12(21-18-17-11)13(19)16-10-15(20)8-6-14(2,3)7-9-15/h20H,4-10H2,1-3H3,(H,16,19). The molecule has 1 aromatic heterocycles. The van der Waals surface area contributed by atoms with Crippen molar-refractivity contribution >= 4 is 17.4 Å². The number of aliphatic hydroxyl groups is 1. The van der Waals surface area contributed by atoms with Gasteiger partial charge in [-0.25, -0.2) is 0 Å². The first kappa shape index (κ1) is 16.4. The summed E-state index contributed by atoms with van der Waals surface area (Å²) in [5, 5.41) is 17.4. The van der Waals surface area contributed by atoms with E-state index in [1.807, 2.05) is 6.92 Å². The average molecular weight is 311 g/mol. The van der Waals surface area contributed by atoms with Crippen molar-refractivity contribution in [3.8, 4) is 0 Å². The second-order valence-corrected chi connectivity index (χ2v) is 7.62. The number of aromatic nitrogens is 2. The molecule has 0 radical (unpaired) electrons. The Bertz CT molecular complexity index is 489. The number of hydrogen-bond acceptors (Lipinski definition) is 5. The van der Waals surface area contributed by atoms with E-state index in [1.54, 1.807) is 0 Å². The third kappa shape index (κ3) is 4.23. The third-order valence-corrected chi connectivity index (χ3v) is 5.13. The summed E-state index contributed by atoms with van der Waals surface area (Å²) in [6, 6.07) is 0. The maximum absolute atomic E-state index is 12.2. The first-order valence-electron chi connectivity index (χ1n) is 7.67. The summed E-state index contributed by atoms with van der Waals surface area (Å²) in [7, 11) is 0. The molecular weight excluding hydrogens is 286 g/mol. The van der Waals surface area contributed by atoms with Gasteiger partial charge in [-0.3, -0.25) is 4.79 Å². The van der Waals surface area contributed by atoms with Gasteiger partial charge in [-0.05, 0) is 49.1 Å². The fraction of sp³-hybridized carbons (Fsp3) is 0.800. The van der Waals surface area contributed by atoms with Crippen LogP contribution in [0, 0.1) is 5.41 Å². The van der Waals surface area contributed by atoms with E-state index in [0.29, 0.717) is 16.8 Å². The Balaban J connectivity index is 1.90. The molecule has 0 atom stereocenters. The Morgan fingerprint density at radius 3 is 2.62 bits per heavy atom. The second-order valence-electron chi connectivity index (χ2n) is 6.87. The van der Waals surface area contributed by atoms with E-state index < -0.39 is 5.60 Å². The van der Waals surface area contributed by atoms with Crippen LogP contribution < -0.4 is 5.32 Å². The molecule has 2 rings (SSSR count). The van der Waals surface area contributed by atoms with Crippen LogP contribution in [-0.4, -0.2) is 32.7 Å². The zero-order valence-corrected chi connectivity index (χ0v) is 13.9. The van der Waals surface area contributed by atoms with Crippen molar-refractivity contribution in [3.05, 3.63) is 10.6 Å². The molecule has 118 valence electrons. The summed E-state index contributed by atoms with van der Waals surface area (Å²) < 4.78 is 3.86. The molecule has 0 bridgehead atoms. The van der Waals surface area contributed by atoms with Gasteiger partial charge in [0.15, 0.2) is 0 Å². The molecule has 0 aromatic carbocycles. The summed E-state index contributed by atoms with van der Waals surface area (Å²) >= 11 is 1.13. The van der Waals surface area contributed by atoms with E-state index >= 15 is 0 Å². The van der Waals surface area contributed by atoms with Gasteiger partial charge in [0.25, 0.3) is 5.91 Å². The molecule has 0 aliphatic heterocycles. The molecule has 1 saturated carbocycles. The first-order valence-corrected chi connectivity index (χ1v) is 8.44. The van der Waals surface area contributed by atoms with Crippen LogP contribution in [0.15, 0.2) is 0 Å². The van der Waals surface area contributed by atoms with E-state index in [2.05, 4.69) is 28.8 Å². The van der Waals surface area contributed by atoms with Crippen LogP contribution in [0.1, 0.15) is 68.2 Å². The first-order chi connectivity index (χ1) is 9.85. The fourth-order valence-electron chi connectivity index (χ4n) is 2.68. The SMILES string of the molecule is CCCc1nnsc1C(=O)NCC1(O)CCC(C)(C)CC1. The van der Waals surface area contributed by atoms with Gasteiger partial charge < -0.3 is 10.4 Å². The van der Waals surface area contributed by atoms with Gasteiger partial charge >= 0.3 is 0 Å². The fourth-order valence-corrected chi connectivity index (χ4v) is 3.30. The van der Waals surface area contributed by atoms with E-state index in [0.717, 1.165) is 55.8 Å². The van der Waals surface area contributed by atoms with Crippen molar-refractivity contribution in [1.29, 1.82) is 0 Å². The number of hydrogen-bond donors (Lipinski definition) is 2. The predicted molar refractivity (Wildman–Crippen MR) is 83.4 cm³/mol. The normalized spacial score (nSPS) is 20.2. The quantitative estimate of drug-likeness (QED) is 0.876. The summed E-state index contributed by atoms with van der Waals surface area (Å²) in [5.41, 5.74) is 0.289. The lowest BCUT2D eigenvalue weighted by molar-refractivity contribution is -0.0232. The second kappa shape index (κ2) is 6.40. The van der Waals surface area contributed by atoms with E-state index in [1.165, 1.54) is 0 Å². The van der Waals surface area contributed by atoms with Crippen LogP contribution in [0.5, 0.6) is 0 Å². The Kier molecular flexibility index (Phi) is 4.99. The maximum atomic E-state index is 12.2. The highest BCUT2D eigenvalue weighted by molar-refractivity contribution is 7.08. The molecule has 0 unspecified atom stereocenters. The summed E-state index contributed by atoms with van der Waals surface area (Å²) in [6.07, 6.45) is 5.15. The highest BCUT2D eigenvalue weighted by Gasteiger charge is 2.37. The number of aryl methyl sites for hydroxylation is 1. The Labute approximate surface area is 130 Å². The van der Waals surface area contributed by atoms with Crippen molar-refractivity contribution in [1.82, 2.24) is 14.9 Å². The minimum Gasteiger partial charge on any atom is -0.388 e. The Morgan fingerprint density at radius 2 is 2.00 bits per heavy atom. The van der Waals surface area contributed by atoms with E-state index in [-0.39, 0.29) is 5.91 Å². The number of carbonyl (C=O) groups is 1. The van der Waals surface area contributed by atoms with Gasteiger partial charge in [-0.2, -0.15) is 0 Å². The maximum Gasteiger partial charge on any atom is 0.265 e. The van der Waals surface area contributed by atoms with Crippen LogP contribution >= 0.6 is 11.5 Å². The highest BCUT2D eigenvalue weighted by atomic mass is 32.1. The molecule has 21 heavy (non-hydrogen) atoms. The van der Waals surface area contributed by atoms with E-state index in [4.69, 9.17) is 0 Å². The van der Waals surface area contributed by atoms with Crippen LogP contribution in [0.25, 0.3) is 0 Å². The lowest BCUT2D eigenvalue weighted by Gasteiger charge is -2.40. The molecule has 5 nitrogen and oxygen atoms in total. The minimum atomic E-state index is -0.770. The van der Waals surface area contributed by atoms with Crippen LogP contribution in [0.4, 0.5) is 0 Å². The van der Waals surface area contributed by atoms with Crippen molar-refractivity contribution in [2.24, 2.45) is 5.41 Å². The predicted octanol–water partition coefficient (Wildman–Crippen LogP) is 2.55. The lowest BCUT2D eigenvalue weighted by atomic mass is 9.71. The number of nitrogens with zero attached hydrogens (tertiary/aromatic N) is 2. The van der Waals surface area contributed by atoms with Crippen molar-refractivity contribution in [3.63, 3.8) is 0 Å². The summed E-state index contributed by atoms with van der Waals surface area (Å²) in [5.74, 6) is -0.160. The zero-order valence-electron chi connectivity index (χ0n) is 13.1. The molecule has 0 spiro atoms. The third-order valence-electron chi connectivity index (χ3n) is 4.36. The average Bonchev–Trinajstić information content (AvgIpc) is 2.89. The molecule has 1 amide bonds. The lowest BCUT2D eigenvalue weighted by Crippen LogP contribution is -2.46. The molecule has 1 aliphatic rings. The highest BCUT2D eigenvalue weighted by Crippen LogP contribution is 2.39. The molecular formula is C15H25N3O2S. The topological polar surface area (TPSA) is 75.1 Å². The smallest absolute Gasteiger partial charge is 0.265 e. The Morgan fingerprint density at radius 1 is 1.33 bits per heavy atom. The molecule has 1 fully saturated rings. The summed E-state index contributed by atoms with van der Waals surface area (Å²) in [4.78, 5) is 12.8. The van der Waals surface area contributed by atoms with Crippen molar-refractivity contribution in [2.45, 2.75) is 64.9 Å². The zero-order chi connectivity index (χ0) is 15.5. The monoisotopic (exact) mass is 311 g/mol. The number of amides is 1. The van der Waals surface area contributed by atoms with Crippen molar-refractivity contribution < 1.29 is 9.90 Å². The van der Waals surface area contributed by atoms with Crippen LogP contribution in [0.2, 0.25) is 0 Å². The molecule has 1 aliphatic carbocycles. The summed E-state index contributed by atoms with van der Waals surface area (Å²) in [6.45, 7) is 6.81. The number of carbonyl (C=O) groups excluding carboxylic acids is 1. The van der Waals surface area contributed by atoms with Gasteiger partial charge in [0.05, 0.1) is 11.3 Å². The van der Waals surface area contributed by atoms with Crippen LogP contribution in [-0.2, 0) is 6.42 Å². The van der Waals surface area contributed by atoms with E-state index in [9.17, 15) is 9.90 Å². The minimum absolute atomic E-state index is 0.160. The molecule has 2 N–H and O–H groups in total. The van der Waals surface area contributed by atoms with Gasteiger partial charge in [0.1, 0.15) is 4.88 Å². The molecule has 1 heterocycles. The Hall–Kier alpha value is -1.01. The van der Waals surface area contributed by atoms with Crippen LogP contribution in [0.3, 0.4) is 0 Å². The van der Waals surface area contributed by atoms with Crippen molar-refractivity contribution in [2.75, 3.05) is 6.54 Å². The van der Waals surface area contributed by atoms with Gasteiger partial charge in [0, 0.05) is 6.54 Å². The molecule has 1 aromatic rings. The van der Waals surface area contributed by atoms with Gasteiger partial charge in [-0.1, -0.05) is 31.7 Å².